The van der Waals surface area contributed by atoms with Gasteiger partial charge in [-0.3, -0.25) is 9.69 Å². The van der Waals surface area contributed by atoms with E-state index in [0.29, 0.717) is 18.4 Å². The molecule has 110 valence electrons. The van der Waals surface area contributed by atoms with E-state index in [-0.39, 0.29) is 12.5 Å². The van der Waals surface area contributed by atoms with Crippen LogP contribution in [0.1, 0.15) is 26.2 Å². The fourth-order valence-electron chi connectivity index (χ4n) is 2.71. The van der Waals surface area contributed by atoms with Gasteiger partial charge in [-0.05, 0) is 37.8 Å². The number of rotatable bonds is 5. The van der Waals surface area contributed by atoms with E-state index in [1.54, 1.807) is 0 Å². The summed E-state index contributed by atoms with van der Waals surface area (Å²) in [5.74, 6) is 0.415. The SMILES string of the molecule is CC1CCC(CO)CN1CCC(=O)Nc1ccccc1. The normalized spacial score (nSPS) is 23.5. The predicted octanol–water partition coefficient (Wildman–Crippen LogP) is 2.11. The molecule has 0 bridgehead atoms. The first kappa shape index (κ1) is 15.0. The van der Waals surface area contributed by atoms with E-state index in [9.17, 15) is 9.90 Å². The minimum absolute atomic E-state index is 0.0505. The lowest BCUT2D eigenvalue weighted by Crippen LogP contribution is -2.43. The number of nitrogens with one attached hydrogen (secondary N) is 1. The first-order valence-corrected chi connectivity index (χ1v) is 7.39. The average molecular weight is 276 g/mol. The molecular formula is C16H24N2O2. The minimum atomic E-state index is 0.0505. The van der Waals surface area contributed by atoms with Gasteiger partial charge in [-0.1, -0.05) is 18.2 Å². The summed E-state index contributed by atoms with van der Waals surface area (Å²) < 4.78 is 0. The largest absolute Gasteiger partial charge is 0.396 e. The van der Waals surface area contributed by atoms with Crippen molar-refractivity contribution in [3.8, 4) is 0 Å². The predicted molar refractivity (Wildman–Crippen MR) is 80.5 cm³/mol. The Labute approximate surface area is 120 Å². The first-order chi connectivity index (χ1) is 9.69. The lowest BCUT2D eigenvalue weighted by atomic mass is 9.94. The smallest absolute Gasteiger partial charge is 0.225 e. The third-order valence-corrected chi connectivity index (χ3v) is 4.05. The van der Waals surface area contributed by atoms with Gasteiger partial charge in [-0.15, -0.1) is 0 Å². The van der Waals surface area contributed by atoms with E-state index < -0.39 is 0 Å². The lowest BCUT2D eigenvalue weighted by molar-refractivity contribution is -0.116. The van der Waals surface area contributed by atoms with Crippen LogP contribution >= 0.6 is 0 Å². The number of carbonyl (C=O) groups excluding carboxylic acids is 1. The molecule has 2 N–H and O–H groups in total. The topological polar surface area (TPSA) is 52.6 Å². The van der Waals surface area contributed by atoms with Crippen LogP contribution in [0.5, 0.6) is 0 Å². The van der Waals surface area contributed by atoms with Crippen molar-refractivity contribution >= 4 is 11.6 Å². The lowest BCUT2D eigenvalue weighted by Gasteiger charge is -2.37. The molecule has 0 aliphatic carbocycles. The van der Waals surface area contributed by atoms with Gasteiger partial charge in [0.1, 0.15) is 0 Å². The molecule has 0 spiro atoms. The molecule has 0 saturated carbocycles. The summed E-state index contributed by atoms with van der Waals surface area (Å²) in [5.41, 5.74) is 0.845. The Bertz CT molecular complexity index is 422. The number of aliphatic hydroxyl groups excluding tert-OH is 1. The van der Waals surface area contributed by atoms with E-state index in [1.165, 1.54) is 0 Å². The summed E-state index contributed by atoms with van der Waals surface area (Å²) in [6.45, 7) is 4.11. The van der Waals surface area contributed by atoms with E-state index in [1.807, 2.05) is 30.3 Å². The molecule has 1 amide bonds. The van der Waals surface area contributed by atoms with Gasteiger partial charge in [0, 0.05) is 37.8 Å². The Morgan fingerprint density at radius 3 is 2.80 bits per heavy atom. The fourth-order valence-corrected chi connectivity index (χ4v) is 2.71. The average Bonchev–Trinajstić information content (AvgIpc) is 2.47. The molecular weight excluding hydrogens is 252 g/mol. The molecule has 1 aliphatic rings. The maximum absolute atomic E-state index is 11.9. The number of carbonyl (C=O) groups is 1. The summed E-state index contributed by atoms with van der Waals surface area (Å²) in [5, 5.41) is 12.2. The molecule has 1 fully saturated rings. The number of nitrogens with zero attached hydrogens (tertiary/aromatic N) is 1. The van der Waals surface area contributed by atoms with Crippen LogP contribution in [0.15, 0.2) is 30.3 Å². The van der Waals surface area contributed by atoms with Crippen LogP contribution < -0.4 is 5.32 Å². The third kappa shape index (κ3) is 4.32. The minimum Gasteiger partial charge on any atom is -0.396 e. The van der Waals surface area contributed by atoms with Crippen LogP contribution in [0.4, 0.5) is 5.69 Å². The second kappa shape index (κ2) is 7.41. The highest BCUT2D eigenvalue weighted by Gasteiger charge is 2.24. The molecule has 0 aromatic heterocycles. The second-order valence-electron chi connectivity index (χ2n) is 5.63. The molecule has 0 radical (unpaired) electrons. The number of aliphatic hydroxyl groups is 1. The van der Waals surface area contributed by atoms with Crippen molar-refractivity contribution in [3.05, 3.63) is 30.3 Å². The van der Waals surface area contributed by atoms with Crippen LogP contribution in [0, 0.1) is 5.92 Å². The molecule has 2 rings (SSSR count). The number of anilines is 1. The molecule has 2 unspecified atom stereocenters. The highest BCUT2D eigenvalue weighted by molar-refractivity contribution is 5.90. The summed E-state index contributed by atoms with van der Waals surface area (Å²) >= 11 is 0. The van der Waals surface area contributed by atoms with E-state index in [2.05, 4.69) is 17.1 Å². The Morgan fingerprint density at radius 2 is 2.10 bits per heavy atom. The zero-order valence-corrected chi connectivity index (χ0v) is 12.1. The highest BCUT2D eigenvalue weighted by Crippen LogP contribution is 2.21. The third-order valence-electron chi connectivity index (χ3n) is 4.05. The van der Waals surface area contributed by atoms with Crippen LogP contribution in [0.3, 0.4) is 0 Å². The standard InChI is InChI=1S/C16H24N2O2/c1-13-7-8-14(12-19)11-18(13)10-9-16(20)17-15-5-3-2-4-6-15/h2-6,13-14,19H,7-12H2,1H3,(H,17,20). The second-order valence-corrected chi connectivity index (χ2v) is 5.63. The zero-order valence-electron chi connectivity index (χ0n) is 12.1. The van der Waals surface area contributed by atoms with Crippen LogP contribution in [-0.2, 0) is 4.79 Å². The maximum Gasteiger partial charge on any atom is 0.225 e. The summed E-state index contributed by atoms with van der Waals surface area (Å²) in [7, 11) is 0. The molecule has 1 saturated heterocycles. The van der Waals surface area contributed by atoms with Gasteiger partial charge >= 0.3 is 0 Å². The van der Waals surface area contributed by atoms with Crippen molar-refractivity contribution < 1.29 is 9.90 Å². The van der Waals surface area contributed by atoms with E-state index >= 15 is 0 Å². The number of benzene rings is 1. The fraction of sp³-hybridized carbons (Fsp3) is 0.562. The van der Waals surface area contributed by atoms with Gasteiger partial charge in [-0.25, -0.2) is 0 Å². The van der Waals surface area contributed by atoms with Gasteiger partial charge in [0.15, 0.2) is 0 Å². The zero-order chi connectivity index (χ0) is 14.4. The number of hydrogen-bond acceptors (Lipinski definition) is 3. The summed E-state index contributed by atoms with van der Waals surface area (Å²) in [6, 6.07) is 10.0. The molecule has 4 nitrogen and oxygen atoms in total. The first-order valence-electron chi connectivity index (χ1n) is 7.39. The molecule has 1 aliphatic heterocycles. The molecule has 4 heteroatoms. The molecule has 20 heavy (non-hydrogen) atoms. The quantitative estimate of drug-likeness (QED) is 0.866. The van der Waals surface area contributed by atoms with Crippen molar-refractivity contribution in [1.29, 1.82) is 0 Å². The van der Waals surface area contributed by atoms with Crippen LogP contribution in [-0.4, -0.2) is 41.7 Å². The monoisotopic (exact) mass is 276 g/mol. The van der Waals surface area contributed by atoms with Gasteiger partial charge in [0.05, 0.1) is 0 Å². The number of hydrogen-bond donors (Lipinski definition) is 2. The van der Waals surface area contributed by atoms with Crippen LogP contribution in [0.2, 0.25) is 0 Å². The van der Waals surface area contributed by atoms with Crippen molar-refractivity contribution in [1.82, 2.24) is 4.90 Å². The summed E-state index contributed by atoms with van der Waals surface area (Å²) in [6.07, 6.45) is 2.69. The van der Waals surface area contributed by atoms with Gasteiger partial charge < -0.3 is 10.4 Å². The molecule has 2 atom stereocenters. The van der Waals surface area contributed by atoms with Crippen molar-refractivity contribution in [3.63, 3.8) is 0 Å². The Morgan fingerprint density at radius 1 is 1.35 bits per heavy atom. The Kier molecular flexibility index (Phi) is 5.56. The molecule has 1 heterocycles. The molecule has 1 aromatic rings. The maximum atomic E-state index is 11.9. The van der Waals surface area contributed by atoms with Gasteiger partial charge in [-0.2, -0.15) is 0 Å². The van der Waals surface area contributed by atoms with Crippen molar-refractivity contribution in [2.45, 2.75) is 32.2 Å². The van der Waals surface area contributed by atoms with Crippen molar-refractivity contribution in [2.24, 2.45) is 5.92 Å². The van der Waals surface area contributed by atoms with Crippen molar-refractivity contribution in [2.75, 3.05) is 25.0 Å². The highest BCUT2D eigenvalue weighted by atomic mass is 16.3. The number of para-hydroxylation sites is 1. The van der Waals surface area contributed by atoms with Gasteiger partial charge in [0.25, 0.3) is 0 Å². The Balaban J connectivity index is 1.77. The number of piperidine rings is 1. The number of likely N-dealkylation sites (tertiary alicyclic amines) is 1. The number of amides is 1. The van der Waals surface area contributed by atoms with Gasteiger partial charge in [0.2, 0.25) is 5.91 Å². The Hall–Kier alpha value is -1.39. The van der Waals surface area contributed by atoms with Crippen LogP contribution in [0.25, 0.3) is 0 Å². The molecule has 1 aromatic carbocycles. The summed E-state index contributed by atoms with van der Waals surface area (Å²) in [4.78, 5) is 14.2. The van der Waals surface area contributed by atoms with E-state index in [0.717, 1.165) is 31.6 Å². The van der Waals surface area contributed by atoms with E-state index in [4.69, 9.17) is 0 Å².